The Morgan fingerprint density at radius 1 is 1.35 bits per heavy atom. The molecule has 1 aromatic rings. The summed E-state index contributed by atoms with van der Waals surface area (Å²) < 4.78 is 0. The molecular formula is C22H35ClN2O. The van der Waals surface area contributed by atoms with Crippen LogP contribution in [0.25, 0.3) is 0 Å². The molecule has 3 rings (SSSR count). The summed E-state index contributed by atoms with van der Waals surface area (Å²) in [4.78, 5) is 14.9. The van der Waals surface area contributed by atoms with Crippen molar-refractivity contribution in [2.45, 2.75) is 52.4 Å². The van der Waals surface area contributed by atoms with Gasteiger partial charge >= 0.3 is 0 Å². The number of rotatable bonds is 6. The highest BCUT2D eigenvalue weighted by atomic mass is 35.5. The van der Waals surface area contributed by atoms with E-state index in [4.69, 9.17) is 0 Å². The Morgan fingerprint density at radius 3 is 2.81 bits per heavy atom. The first-order valence-electron chi connectivity index (χ1n) is 10.1. The summed E-state index contributed by atoms with van der Waals surface area (Å²) in [5, 5.41) is 3.48. The Hall–Kier alpha value is -1.06. The summed E-state index contributed by atoms with van der Waals surface area (Å²) in [7, 11) is 0. The first-order chi connectivity index (χ1) is 12.1. The highest BCUT2D eigenvalue weighted by Crippen LogP contribution is 2.35. The summed E-state index contributed by atoms with van der Waals surface area (Å²) in [5.74, 6) is 1.54. The molecule has 2 aliphatic rings. The van der Waals surface area contributed by atoms with E-state index in [1.54, 1.807) is 0 Å². The molecule has 2 aliphatic heterocycles. The van der Waals surface area contributed by atoms with Crippen LogP contribution in [0.5, 0.6) is 0 Å². The van der Waals surface area contributed by atoms with E-state index >= 15 is 0 Å². The Kier molecular flexibility index (Phi) is 7.97. The van der Waals surface area contributed by atoms with E-state index in [-0.39, 0.29) is 17.8 Å². The molecule has 2 fully saturated rings. The summed E-state index contributed by atoms with van der Waals surface area (Å²) in [6, 6.07) is 10.7. The number of halogens is 1. The van der Waals surface area contributed by atoms with Gasteiger partial charge in [0.1, 0.15) is 0 Å². The van der Waals surface area contributed by atoms with Crippen molar-refractivity contribution in [3.05, 3.63) is 35.9 Å². The van der Waals surface area contributed by atoms with Gasteiger partial charge in [0.2, 0.25) is 5.91 Å². The molecule has 0 radical (unpaired) electrons. The third-order valence-corrected chi connectivity index (χ3v) is 6.41. The molecule has 3 atom stereocenters. The minimum absolute atomic E-state index is 0. The zero-order valence-electron chi connectivity index (χ0n) is 16.4. The fourth-order valence-corrected chi connectivity index (χ4v) is 4.47. The monoisotopic (exact) mass is 378 g/mol. The fourth-order valence-electron chi connectivity index (χ4n) is 4.47. The second-order valence-electron chi connectivity index (χ2n) is 8.65. The zero-order chi connectivity index (χ0) is 17.7. The number of likely N-dealkylation sites (tertiary alicyclic amines) is 1. The van der Waals surface area contributed by atoms with Gasteiger partial charge in [-0.3, -0.25) is 4.79 Å². The van der Waals surface area contributed by atoms with Gasteiger partial charge in [0, 0.05) is 19.5 Å². The third kappa shape index (κ3) is 5.72. The number of benzene rings is 1. The lowest BCUT2D eigenvalue weighted by molar-refractivity contribution is -0.131. The van der Waals surface area contributed by atoms with E-state index in [0.717, 1.165) is 45.4 Å². The third-order valence-electron chi connectivity index (χ3n) is 6.41. The van der Waals surface area contributed by atoms with Crippen molar-refractivity contribution in [1.82, 2.24) is 10.2 Å². The van der Waals surface area contributed by atoms with Gasteiger partial charge in [0.15, 0.2) is 0 Å². The van der Waals surface area contributed by atoms with Crippen LogP contribution < -0.4 is 5.32 Å². The van der Waals surface area contributed by atoms with Gasteiger partial charge in [-0.2, -0.15) is 0 Å². The average Bonchev–Trinajstić information content (AvgIpc) is 3.04. The van der Waals surface area contributed by atoms with Crippen LogP contribution in [0.15, 0.2) is 30.3 Å². The maximum Gasteiger partial charge on any atom is 0.222 e. The molecule has 146 valence electrons. The van der Waals surface area contributed by atoms with Crippen LogP contribution in [-0.2, 0) is 11.2 Å². The van der Waals surface area contributed by atoms with Crippen molar-refractivity contribution >= 4 is 18.3 Å². The molecule has 2 heterocycles. The molecular weight excluding hydrogens is 344 g/mol. The second kappa shape index (κ2) is 9.75. The molecule has 4 heteroatoms. The fraction of sp³-hybridized carbons (Fsp3) is 0.682. The molecule has 0 aromatic heterocycles. The van der Waals surface area contributed by atoms with Crippen LogP contribution in [-0.4, -0.2) is 37.0 Å². The molecule has 0 spiro atoms. The van der Waals surface area contributed by atoms with Gasteiger partial charge in [-0.25, -0.2) is 0 Å². The van der Waals surface area contributed by atoms with Crippen LogP contribution in [0.2, 0.25) is 0 Å². The highest BCUT2D eigenvalue weighted by Gasteiger charge is 2.36. The van der Waals surface area contributed by atoms with Crippen LogP contribution in [0.4, 0.5) is 0 Å². The Bertz CT molecular complexity index is 559. The summed E-state index contributed by atoms with van der Waals surface area (Å²) in [6.07, 6.45) is 6.68. The minimum atomic E-state index is 0. The number of nitrogens with one attached hydrogen (secondary N) is 1. The van der Waals surface area contributed by atoms with E-state index in [1.165, 1.54) is 24.8 Å². The summed E-state index contributed by atoms with van der Waals surface area (Å²) in [6.45, 7) is 8.73. The maximum absolute atomic E-state index is 12.8. The lowest BCUT2D eigenvalue weighted by Crippen LogP contribution is -2.37. The molecule has 26 heavy (non-hydrogen) atoms. The smallest absolute Gasteiger partial charge is 0.222 e. The predicted molar refractivity (Wildman–Crippen MR) is 111 cm³/mol. The number of carbonyl (C=O) groups is 1. The molecule has 0 bridgehead atoms. The van der Waals surface area contributed by atoms with Crippen LogP contribution in [0, 0.1) is 17.3 Å². The van der Waals surface area contributed by atoms with E-state index in [9.17, 15) is 4.79 Å². The predicted octanol–water partition coefficient (Wildman–Crippen LogP) is 4.31. The van der Waals surface area contributed by atoms with Crippen molar-refractivity contribution in [3.8, 4) is 0 Å². The lowest BCUT2D eigenvalue weighted by atomic mass is 9.83. The molecule has 1 aromatic carbocycles. The first-order valence-corrected chi connectivity index (χ1v) is 10.1. The Morgan fingerprint density at radius 2 is 2.12 bits per heavy atom. The van der Waals surface area contributed by atoms with Gasteiger partial charge in [0.05, 0.1) is 0 Å². The Balaban J connectivity index is 0.00000243. The van der Waals surface area contributed by atoms with Crippen LogP contribution in [0.3, 0.4) is 0 Å². The van der Waals surface area contributed by atoms with Crippen molar-refractivity contribution in [3.63, 3.8) is 0 Å². The van der Waals surface area contributed by atoms with E-state index in [0.29, 0.717) is 17.7 Å². The standard InChI is InChI=1S/C22H34N2O.ClH/c1-18(20-9-6-13-23-16-20)15-21(25)24-14-12-22(2,17-24)11-10-19-7-4-3-5-8-19;/h3-5,7-8,18,20,23H,6,9-17H2,1-2H3;1H. The molecule has 3 unspecified atom stereocenters. The van der Waals surface area contributed by atoms with Crippen molar-refractivity contribution in [2.75, 3.05) is 26.2 Å². The quantitative estimate of drug-likeness (QED) is 0.800. The largest absolute Gasteiger partial charge is 0.342 e. The number of aryl methyl sites for hydroxylation is 1. The van der Waals surface area contributed by atoms with Crippen LogP contribution in [0.1, 0.15) is 51.5 Å². The average molecular weight is 379 g/mol. The normalized spacial score (nSPS) is 27.0. The van der Waals surface area contributed by atoms with Crippen molar-refractivity contribution in [1.29, 1.82) is 0 Å². The van der Waals surface area contributed by atoms with E-state index < -0.39 is 0 Å². The lowest BCUT2D eigenvalue weighted by Gasteiger charge is -2.30. The SMILES string of the molecule is CC(CC(=O)N1CCC(C)(CCc2ccccc2)C1)C1CCCNC1.Cl. The molecule has 0 saturated carbocycles. The number of nitrogens with zero attached hydrogens (tertiary/aromatic N) is 1. The number of carbonyl (C=O) groups excluding carboxylic acids is 1. The molecule has 2 saturated heterocycles. The molecule has 0 aliphatic carbocycles. The number of amides is 1. The second-order valence-corrected chi connectivity index (χ2v) is 8.65. The van der Waals surface area contributed by atoms with E-state index in [1.807, 2.05) is 0 Å². The van der Waals surface area contributed by atoms with Crippen molar-refractivity contribution in [2.24, 2.45) is 17.3 Å². The maximum atomic E-state index is 12.8. The van der Waals surface area contributed by atoms with Crippen LogP contribution >= 0.6 is 12.4 Å². The first kappa shape index (κ1) is 21.2. The van der Waals surface area contributed by atoms with Gasteiger partial charge in [0.25, 0.3) is 0 Å². The van der Waals surface area contributed by atoms with Gasteiger partial charge in [-0.1, -0.05) is 44.2 Å². The number of hydrogen-bond donors (Lipinski definition) is 1. The Labute approximate surface area is 165 Å². The molecule has 1 N–H and O–H groups in total. The molecule has 3 nitrogen and oxygen atoms in total. The van der Waals surface area contributed by atoms with Gasteiger partial charge in [-0.15, -0.1) is 12.4 Å². The number of piperidine rings is 1. The summed E-state index contributed by atoms with van der Waals surface area (Å²) in [5.41, 5.74) is 1.69. The molecule has 1 amide bonds. The van der Waals surface area contributed by atoms with E-state index in [2.05, 4.69) is 54.4 Å². The number of hydrogen-bond acceptors (Lipinski definition) is 2. The van der Waals surface area contributed by atoms with Crippen molar-refractivity contribution < 1.29 is 4.79 Å². The highest BCUT2D eigenvalue weighted by molar-refractivity contribution is 5.85. The topological polar surface area (TPSA) is 32.3 Å². The zero-order valence-corrected chi connectivity index (χ0v) is 17.2. The van der Waals surface area contributed by atoms with Gasteiger partial charge in [-0.05, 0) is 68.0 Å². The summed E-state index contributed by atoms with van der Waals surface area (Å²) >= 11 is 0. The van der Waals surface area contributed by atoms with Gasteiger partial charge < -0.3 is 10.2 Å². The minimum Gasteiger partial charge on any atom is -0.342 e.